The predicted molar refractivity (Wildman–Crippen MR) is 88.1 cm³/mol. The summed E-state index contributed by atoms with van der Waals surface area (Å²) in [5.41, 5.74) is 1.14. The van der Waals surface area contributed by atoms with Gasteiger partial charge in [-0.25, -0.2) is 4.39 Å². The smallest absolute Gasteiger partial charge is 0.240 e. The largest absolute Gasteiger partial charge is 0.352 e. The quantitative estimate of drug-likeness (QED) is 0.876. The third-order valence-electron chi connectivity index (χ3n) is 3.98. The molecular formula is C16H18ClFN4O. The van der Waals surface area contributed by atoms with Crippen molar-refractivity contribution in [2.24, 2.45) is 0 Å². The Morgan fingerprint density at radius 2 is 2.00 bits per heavy atom. The molecule has 0 saturated carbocycles. The number of aromatic amines is 1. The van der Waals surface area contributed by atoms with Crippen LogP contribution in [0.25, 0.3) is 11.3 Å². The van der Waals surface area contributed by atoms with Crippen molar-refractivity contribution in [3.8, 4) is 11.3 Å². The van der Waals surface area contributed by atoms with Gasteiger partial charge in [0.05, 0.1) is 5.69 Å². The zero-order valence-electron chi connectivity index (χ0n) is 12.8. The summed E-state index contributed by atoms with van der Waals surface area (Å²) in [5, 5.41) is 6.65. The molecule has 7 heteroatoms. The van der Waals surface area contributed by atoms with Gasteiger partial charge in [-0.1, -0.05) is 12.1 Å². The van der Waals surface area contributed by atoms with Crippen LogP contribution in [0.5, 0.6) is 0 Å². The van der Waals surface area contributed by atoms with Crippen molar-refractivity contribution in [1.29, 1.82) is 0 Å². The van der Waals surface area contributed by atoms with E-state index in [9.17, 15) is 9.18 Å². The molecule has 1 saturated heterocycles. The summed E-state index contributed by atoms with van der Waals surface area (Å²) >= 11 is 5.84. The number of alkyl halides is 1. The SMILES string of the molecule is CC(Cl)C(=O)N1CCN(c2cc(-c3ccccc3F)[nH]n2)CC1. The number of amides is 1. The zero-order chi connectivity index (χ0) is 16.4. The fourth-order valence-corrected chi connectivity index (χ4v) is 2.84. The van der Waals surface area contributed by atoms with Gasteiger partial charge in [0, 0.05) is 37.8 Å². The maximum absolute atomic E-state index is 13.8. The van der Waals surface area contributed by atoms with Crippen LogP contribution < -0.4 is 4.90 Å². The van der Waals surface area contributed by atoms with Crippen LogP contribution in [-0.2, 0) is 4.79 Å². The normalized spacial score (nSPS) is 16.5. The van der Waals surface area contributed by atoms with Crippen molar-refractivity contribution in [3.05, 3.63) is 36.1 Å². The van der Waals surface area contributed by atoms with E-state index in [0.29, 0.717) is 37.4 Å². The van der Waals surface area contributed by atoms with Gasteiger partial charge >= 0.3 is 0 Å². The molecule has 5 nitrogen and oxygen atoms in total. The number of H-pyrrole nitrogens is 1. The molecule has 0 bridgehead atoms. The molecule has 1 N–H and O–H groups in total. The molecule has 23 heavy (non-hydrogen) atoms. The van der Waals surface area contributed by atoms with Crippen molar-refractivity contribution < 1.29 is 9.18 Å². The first-order chi connectivity index (χ1) is 11.1. The molecule has 1 fully saturated rings. The van der Waals surface area contributed by atoms with Crippen molar-refractivity contribution in [2.75, 3.05) is 31.1 Å². The maximum atomic E-state index is 13.8. The molecule has 2 aromatic rings. The molecule has 1 aromatic heterocycles. The summed E-state index contributed by atoms with van der Waals surface area (Å²) in [7, 11) is 0. The van der Waals surface area contributed by atoms with Gasteiger partial charge in [-0.2, -0.15) is 5.10 Å². The molecule has 1 aliphatic heterocycles. The number of benzene rings is 1. The van der Waals surface area contributed by atoms with Gasteiger partial charge < -0.3 is 9.80 Å². The third-order valence-corrected chi connectivity index (χ3v) is 4.17. The van der Waals surface area contributed by atoms with Gasteiger partial charge in [0.2, 0.25) is 5.91 Å². The van der Waals surface area contributed by atoms with Crippen LogP contribution in [0.1, 0.15) is 6.92 Å². The fraction of sp³-hybridized carbons (Fsp3) is 0.375. The highest BCUT2D eigenvalue weighted by Gasteiger charge is 2.25. The highest BCUT2D eigenvalue weighted by atomic mass is 35.5. The van der Waals surface area contributed by atoms with Crippen molar-refractivity contribution >= 4 is 23.3 Å². The van der Waals surface area contributed by atoms with Crippen LogP contribution in [0.4, 0.5) is 10.2 Å². The number of aromatic nitrogens is 2. The average Bonchev–Trinajstić information content (AvgIpc) is 3.04. The first-order valence-electron chi connectivity index (χ1n) is 7.54. The number of carbonyl (C=O) groups excluding carboxylic acids is 1. The average molecular weight is 337 g/mol. The van der Waals surface area contributed by atoms with Gasteiger partial charge in [0.25, 0.3) is 0 Å². The Morgan fingerprint density at radius 1 is 1.30 bits per heavy atom. The van der Waals surface area contributed by atoms with E-state index in [1.807, 2.05) is 6.07 Å². The standard InChI is InChI=1S/C16H18ClFN4O/c1-11(17)16(23)22-8-6-21(7-9-22)15-10-14(19-20-15)12-4-2-3-5-13(12)18/h2-5,10-11H,6-9H2,1H3,(H,19,20). The van der Waals surface area contributed by atoms with Crippen molar-refractivity contribution in [3.63, 3.8) is 0 Å². The van der Waals surface area contributed by atoms with Crippen LogP contribution in [-0.4, -0.2) is 52.6 Å². The minimum absolute atomic E-state index is 0.0413. The summed E-state index contributed by atoms with van der Waals surface area (Å²) in [6.45, 7) is 4.26. The van der Waals surface area contributed by atoms with Crippen LogP contribution in [0.15, 0.2) is 30.3 Å². The van der Waals surface area contributed by atoms with E-state index in [1.165, 1.54) is 6.07 Å². The molecule has 122 valence electrons. The van der Waals surface area contributed by atoms with E-state index in [4.69, 9.17) is 11.6 Å². The molecule has 0 radical (unpaired) electrons. The van der Waals surface area contributed by atoms with Crippen LogP contribution >= 0.6 is 11.6 Å². The topological polar surface area (TPSA) is 52.2 Å². The fourth-order valence-electron chi connectivity index (χ4n) is 2.70. The molecule has 0 spiro atoms. The number of nitrogens with zero attached hydrogens (tertiary/aromatic N) is 3. The molecule has 1 unspecified atom stereocenters. The van der Waals surface area contributed by atoms with E-state index in [-0.39, 0.29) is 11.7 Å². The highest BCUT2D eigenvalue weighted by molar-refractivity contribution is 6.30. The summed E-state index contributed by atoms with van der Waals surface area (Å²) in [4.78, 5) is 15.7. The number of hydrogen-bond acceptors (Lipinski definition) is 3. The van der Waals surface area contributed by atoms with Crippen molar-refractivity contribution in [2.45, 2.75) is 12.3 Å². The van der Waals surface area contributed by atoms with Crippen LogP contribution in [0.2, 0.25) is 0 Å². The molecule has 2 heterocycles. The Labute approximate surface area is 139 Å². The number of anilines is 1. The second-order valence-electron chi connectivity index (χ2n) is 5.55. The monoisotopic (exact) mass is 336 g/mol. The number of carbonyl (C=O) groups is 1. The van der Waals surface area contributed by atoms with Crippen molar-refractivity contribution in [1.82, 2.24) is 15.1 Å². The van der Waals surface area contributed by atoms with Crippen LogP contribution in [0.3, 0.4) is 0 Å². The number of piperazine rings is 1. The molecule has 0 aliphatic carbocycles. The number of hydrogen-bond donors (Lipinski definition) is 1. The Morgan fingerprint density at radius 3 is 2.65 bits per heavy atom. The molecule has 1 atom stereocenters. The number of halogens is 2. The lowest BCUT2D eigenvalue weighted by Crippen LogP contribution is -2.50. The third kappa shape index (κ3) is 3.32. The number of rotatable bonds is 3. The Kier molecular flexibility index (Phi) is 4.52. The van der Waals surface area contributed by atoms with Gasteiger partial charge in [-0.3, -0.25) is 9.89 Å². The van der Waals surface area contributed by atoms with Crippen LogP contribution in [0, 0.1) is 5.82 Å². The second kappa shape index (κ2) is 6.58. The van der Waals surface area contributed by atoms with Gasteiger partial charge in [-0.15, -0.1) is 11.6 Å². The Hall–Kier alpha value is -2.08. The lowest BCUT2D eigenvalue weighted by molar-refractivity contribution is -0.130. The Bertz CT molecular complexity index is 695. The molecule has 1 amide bonds. The predicted octanol–water partition coefficient (Wildman–Crippen LogP) is 2.49. The first-order valence-corrected chi connectivity index (χ1v) is 7.98. The first kappa shape index (κ1) is 15.8. The van der Waals surface area contributed by atoms with E-state index in [0.717, 1.165) is 5.82 Å². The van der Waals surface area contributed by atoms with Gasteiger partial charge in [0.1, 0.15) is 11.2 Å². The molecule has 1 aromatic carbocycles. The van der Waals surface area contributed by atoms with E-state index in [2.05, 4.69) is 15.1 Å². The summed E-state index contributed by atoms with van der Waals surface area (Å²) < 4.78 is 13.8. The van der Waals surface area contributed by atoms with E-state index >= 15 is 0 Å². The second-order valence-corrected chi connectivity index (χ2v) is 6.20. The maximum Gasteiger partial charge on any atom is 0.240 e. The van der Waals surface area contributed by atoms with Gasteiger partial charge in [-0.05, 0) is 19.1 Å². The van der Waals surface area contributed by atoms with E-state index < -0.39 is 5.38 Å². The van der Waals surface area contributed by atoms with E-state index in [1.54, 1.807) is 30.0 Å². The molecule has 3 rings (SSSR count). The minimum Gasteiger partial charge on any atom is -0.352 e. The molecular weight excluding hydrogens is 319 g/mol. The lowest BCUT2D eigenvalue weighted by atomic mass is 10.1. The Balaban J connectivity index is 1.68. The molecule has 1 aliphatic rings. The minimum atomic E-state index is -0.500. The summed E-state index contributed by atoms with van der Waals surface area (Å²) in [6.07, 6.45) is 0. The number of nitrogens with one attached hydrogen (secondary N) is 1. The zero-order valence-corrected chi connectivity index (χ0v) is 13.6. The van der Waals surface area contributed by atoms with Gasteiger partial charge in [0.15, 0.2) is 5.82 Å². The highest BCUT2D eigenvalue weighted by Crippen LogP contribution is 2.24. The summed E-state index contributed by atoms with van der Waals surface area (Å²) in [6, 6.07) is 8.42. The lowest BCUT2D eigenvalue weighted by Gasteiger charge is -2.35. The summed E-state index contributed by atoms with van der Waals surface area (Å²) in [5.74, 6) is 0.434.